The number of fused-ring (bicyclic) bond motifs is 1. The van der Waals surface area contributed by atoms with E-state index in [1.807, 2.05) is 30.5 Å². The lowest BCUT2D eigenvalue weighted by Gasteiger charge is -2.41. The SMILES string of the molecule is CC(c1ccccc1)N1CCCC(CN2CCN(c3cnc4ccccc4n3)CC2)C1. The minimum Gasteiger partial charge on any atom is -0.353 e. The molecule has 2 aliphatic heterocycles. The van der Waals surface area contributed by atoms with Gasteiger partial charge in [-0.3, -0.25) is 14.8 Å². The maximum Gasteiger partial charge on any atom is 0.147 e. The highest BCUT2D eigenvalue weighted by Crippen LogP contribution is 2.27. The van der Waals surface area contributed by atoms with Crippen LogP contribution in [0.2, 0.25) is 0 Å². The van der Waals surface area contributed by atoms with E-state index in [2.05, 4.69) is 56.9 Å². The van der Waals surface area contributed by atoms with Gasteiger partial charge in [0.2, 0.25) is 0 Å². The summed E-state index contributed by atoms with van der Waals surface area (Å²) in [5.74, 6) is 1.78. The Hall–Kier alpha value is -2.50. The van der Waals surface area contributed by atoms with Crippen LogP contribution >= 0.6 is 0 Å². The Labute approximate surface area is 185 Å². The number of para-hydroxylation sites is 2. The summed E-state index contributed by atoms with van der Waals surface area (Å²) >= 11 is 0. The first-order valence-electron chi connectivity index (χ1n) is 11.7. The molecule has 2 fully saturated rings. The van der Waals surface area contributed by atoms with Gasteiger partial charge in [-0.15, -0.1) is 0 Å². The van der Waals surface area contributed by atoms with E-state index < -0.39 is 0 Å². The van der Waals surface area contributed by atoms with Crippen molar-refractivity contribution >= 4 is 16.9 Å². The van der Waals surface area contributed by atoms with Gasteiger partial charge < -0.3 is 4.90 Å². The highest BCUT2D eigenvalue weighted by Gasteiger charge is 2.27. The smallest absolute Gasteiger partial charge is 0.147 e. The monoisotopic (exact) mass is 415 g/mol. The van der Waals surface area contributed by atoms with Crippen LogP contribution in [0.5, 0.6) is 0 Å². The number of aromatic nitrogens is 2. The number of anilines is 1. The average Bonchev–Trinajstić information content (AvgIpc) is 2.84. The molecule has 3 heterocycles. The van der Waals surface area contributed by atoms with Crippen molar-refractivity contribution in [3.8, 4) is 0 Å². The Morgan fingerprint density at radius 1 is 0.903 bits per heavy atom. The van der Waals surface area contributed by atoms with E-state index in [-0.39, 0.29) is 0 Å². The number of hydrogen-bond acceptors (Lipinski definition) is 5. The van der Waals surface area contributed by atoms with Gasteiger partial charge in [0.05, 0.1) is 17.2 Å². The molecule has 0 spiro atoms. The van der Waals surface area contributed by atoms with Crippen molar-refractivity contribution in [2.45, 2.75) is 25.8 Å². The normalized spacial score (nSPS) is 22.0. The maximum absolute atomic E-state index is 4.84. The second-order valence-corrected chi connectivity index (χ2v) is 9.09. The molecule has 2 aliphatic rings. The standard InChI is InChI=1S/C26H33N5/c1-21(23-9-3-2-4-10-23)31-13-7-8-22(20-31)19-29-14-16-30(17-15-29)26-18-27-24-11-5-6-12-25(24)28-26/h2-6,9-12,18,21-22H,7-8,13-17,19-20H2,1H3. The minimum absolute atomic E-state index is 0.507. The van der Waals surface area contributed by atoms with Gasteiger partial charge in [0.15, 0.2) is 0 Å². The lowest BCUT2D eigenvalue weighted by atomic mass is 9.94. The van der Waals surface area contributed by atoms with E-state index >= 15 is 0 Å². The third kappa shape index (κ3) is 4.73. The molecule has 2 aromatic carbocycles. The average molecular weight is 416 g/mol. The number of piperazine rings is 1. The molecule has 0 amide bonds. The highest BCUT2D eigenvalue weighted by molar-refractivity contribution is 5.75. The number of benzene rings is 2. The Bertz CT molecular complexity index is 983. The number of hydrogen-bond donors (Lipinski definition) is 0. The fourth-order valence-electron chi connectivity index (χ4n) is 5.16. The lowest BCUT2D eigenvalue weighted by molar-refractivity contribution is 0.102. The topological polar surface area (TPSA) is 35.5 Å². The Kier molecular flexibility index (Phi) is 6.14. The van der Waals surface area contributed by atoms with Crippen LogP contribution in [0.3, 0.4) is 0 Å². The van der Waals surface area contributed by atoms with Crippen molar-refractivity contribution in [1.29, 1.82) is 0 Å². The van der Waals surface area contributed by atoms with E-state index in [0.29, 0.717) is 6.04 Å². The van der Waals surface area contributed by atoms with Crippen molar-refractivity contribution in [2.75, 3.05) is 50.7 Å². The summed E-state index contributed by atoms with van der Waals surface area (Å²) in [5.41, 5.74) is 3.39. The molecule has 0 aliphatic carbocycles. The number of piperidine rings is 1. The van der Waals surface area contributed by atoms with Gasteiger partial charge in [0, 0.05) is 45.3 Å². The van der Waals surface area contributed by atoms with Crippen molar-refractivity contribution in [2.24, 2.45) is 5.92 Å². The van der Waals surface area contributed by atoms with Gasteiger partial charge in [-0.2, -0.15) is 0 Å². The van der Waals surface area contributed by atoms with Crippen LogP contribution in [0.4, 0.5) is 5.82 Å². The van der Waals surface area contributed by atoms with Crippen molar-refractivity contribution < 1.29 is 0 Å². The maximum atomic E-state index is 4.84. The summed E-state index contributed by atoms with van der Waals surface area (Å²) in [6.45, 7) is 10.3. The molecule has 1 aromatic heterocycles. The molecule has 2 atom stereocenters. The largest absolute Gasteiger partial charge is 0.353 e. The summed E-state index contributed by atoms with van der Waals surface area (Å²) in [7, 11) is 0. The summed E-state index contributed by atoms with van der Waals surface area (Å²) in [5, 5.41) is 0. The summed E-state index contributed by atoms with van der Waals surface area (Å²) in [6.07, 6.45) is 4.60. The van der Waals surface area contributed by atoms with Crippen LogP contribution in [0.15, 0.2) is 60.8 Å². The zero-order valence-corrected chi connectivity index (χ0v) is 18.5. The molecule has 2 unspecified atom stereocenters. The zero-order valence-electron chi connectivity index (χ0n) is 18.5. The molecule has 5 heteroatoms. The minimum atomic E-state index is 0.507. The molecule has 0 N–H and O–H groups in total. The van der Waals surface area contributed by atoms with Crippen LogP contribution in [-0.2, 0) is 0 Å². The van der Waals surface area contributed by atoms with Gasteiger partial charge in [-0.05, 0) is 49.9 Å². The first-order chi connectivity index (χ1) is 15.3. The third-order valence-corrected chi connectivity index (χ3v) is 7.03. The number of rotatable bonds is 5. The molecular formula is C26H33N5. The Morgan fingerprint density at radius 2 is 1.65 bits per heavy atom. The van der Waals surface area contributed by atoms with Crippen LogP contribution in [0.1, 0.15) is 31.4 Å². The predicted octanol–water partition coefficient (Wildman–Crippen LogP) is 4.23. The second-order valence-electron chi connectivity index (χ2n) is 9.09. The van der Waals surface area contributed by atoms with Gasteiger partial charge in [-0.1, -0.05) is 42.5 Å². The first kappa shape index (κ1) is 20.4. The van der Waals surface area contributed by atoms with Gasteiger partial charge in [0.1, 0.15) is 5.82 Å². The summed E-state index contributed by atoms with van der Waals surface area (Å²) < 4.78 is 0. The quantitative estimate of drug-likeness (QED) is 0.623. The van der Waals surface area contributed by atoms with Crippen molar-refractivity contribution in [1.82, 2.24) is 19.8 Å². The third-order valence-electron chi connectivity index (χ3n) is 7.03. The molecule has 5 rings (SSSR count). The Balaban J connectivity index is 1.15. The van der Waals surface area contributed by atoms with Crippen LogP contribution in [-0.4, -0.2) is 65.6 Å². The van der Waals surface area contributed by atoms with E-state index in [1.54, 1.807) is 0 Å². The van der Waals surface area contributed by atoms with E-state index in [9.17, 15) is 0 Å². The zero-order chi connectivity index (χ0) is 21.0. The molecule has 3 aromatic rings. The van der Waals surface area contributed by atoms with E-state index in [0.717, 1.165) is 48.9 Å². The summed E-state index contributed by atoms with van der Waals surface area (Å²) in [6, 6.07) is 19.6. The molecular weight excluding hydrogens is 382 g/mol. The van der Waals surface area contributed by atoms with Crippen LogP contribution < -0.4 is 4.90 Å². The van der Waals surface area contributed by atoms with Gasteiger partial charge in [-0.25, -0.2) is 4.98 Å². The molecule has 31 heavy (non-hydrogen) atoms. The number of likely N-dealkylation sites (tertiary alicyclic amines) is 1. The van der Waals surface area contributed by atoms with E-state index in [1.165, 1.54) is 38.0 Å². The number of nitrogens with zero attached hydrogens (tertiary/aromatic N) is 5. The fourth-order valence-corrected chi connectivity index (χ4v) is 5.16. The molecule has 5 nitrogen and oxygen atoms in total. The molecule has 0 saturated carbocycles. The van der Waals surface area contributed by atoms with Crippen LogP contribution in [0, 0.1) is 5.92 Å². The highest BCUT2D eigenvalue weighted by atomic mass is 15.3. The fraction of sp³-hybridized carbons (Fsp3) is 0.462. The molecule has 0 radical (unpaired) electrons. The molecule has 162 valence electrons. The van der Waals surface area contributed by atoms with Crippen molar-refractivity contribution in [3.05, 3.63) is 66.4 Å². The molecule has 0 bridgehead atoms. The summed E-state index contributed by atoms with van der Waals surface area (Å²) in [4.78, 5) is 17.2. The Morgan fingerprint density at radius 3 is 2.45 bits per heavy atom. The predicted molar refractivity (Wildman–Crippen MR) is 127 cm³/mol. The van der Waals surface area contributed by atoms with Gasteiger partial charge in [0.25, 0.3) is 0 Å². The lowest BCUT2D eigenvalue weighted by Crippen LogP contribution is -2.50. The van der Waals surface area contributed by atoms with Crippen molar-refractivity contribution in [3.63, 3.8) is 0 Å². The van der Waals surface area contributed by atoms with E-state index in [4.69, 9.17) is 4.98 Å². The van der Waals surface area contributed by atoms with Gasteiger partial charge >= 0.3 is 0 Å². The van der Waals surface area contributed by atoms with Crippen LogP contribution in [0.25, 0.3) is 11.0 Å². The first-order valence-corrected chi connectivity index (χ1v) is 11.7. The second kappa shape index (κ2) is 9.33. The molecule has 2 saturated heterocycles.